The van der Waals surface area contributed by atoms with E-state index < -0.39 is 40.6 Å². The number of non-ortho nitro benzene ring substituents is 1. The molecule has 2 aromatic carbocycles. The van der Waals surface area contributed by atoms with E-state index in [0.29, 0.717) is 10.9 Å². The van der Waals surface area contributed by atoms with Gasteiger partial charge in [-0.2, -0.15) is 0 Å². The summed E-state index contributed by atoms with van der Waals surface area (Å²) in [6.07, 6.45) is 0. The van der Waals surface area contributed by atoms with E-state index in [2.05, 4.69) is 10.3 Å². The van der Waals surface area contributed by atoms with Crippen molar-refractivity contribution >= 4 is 45.8 Å². The standard InChI is InChI=1S/C17H11ClFN3O5/c18-15-10-3-1-2-4-12(10)21-16(15)17(24)27-8-14(23)20-13-7-9(22(25)26)5-6-11(13)19/h1-7,21H,8H2,(H,20,23). The van der Waals surface area contributed by atoms with E-state index in [1.54, 1.807) is 24.3 Å². The molecule has 0 atom stereocenters. The van der Waals surface area contributed by atoms with Crippen molar-refractivity contribution in [2.75, 3.05) is 11.9 Å². The number of halogens is 2. The molecule has 1 heterocycles. The lowest BCUT2D eigenvalue weighted by molar-refractivity contribution is -0.384. The molecule has 0 radical (unpaired) electrons. The fourth-order valence-electron chi connectivity index (χ4n) is 2.36. The Bertz CT molecular complexity index is 1070. The summed E-state index contributed by atoms with van der Waals surface area (Å²) in [7, 11) is 0. The summed E-state index contributed by atoms with van der Waals surface area (Å²) >= 11 is 6.12. The Morgan fingerprint density at radius 1 is 1.26 bits per heavy atom. The first-order valence-electron chi connectivity index (χ1n) is 7.54. The minimum absolute atomic E-state index is 0.0211. The number of hydrogen-bond acceptors (Lipinski definition) is 5. The largest absolute Gasteiger partial charge is 0.451 e. The Kier molecular flexibility index (Phi) is 5.04. The van der Waals surface area contributed by atoms with Gasteiger partial charge >= 0.3 is 5.97 Å². The lowest BCUT2D eigenvalue weighted by Crippen LogP contribution is -2.21. The lowest BCUT2D eigenvalue weighted by Gasteiger charge is -2.07. The van der Waals surface area contributed by atoms with Crippen molar-refractivity contribution in [1.29, 1.82) is 0 Å². The maximum Gasteiger partial charge on any atom is 0.356 e. The van der Waals surface area contributed by atoms with Crippen LogP contribution in [0.5, 0.6) is 0 Å². The first-order valence-corrected chi connectivity index (χ1v) is 7.91. The van der Waals surface area contributed by atoms with Crippen LogP contribution in [0.1, 0.15) is 10.5 Å². The second kappa shape index (κ2) is 7.42. The van der Waals surface area contributed by atoms with Crippen molar-refractivity contribution in [3.63, 3.8) is 0 Å². The van der Waals surface area contributed by atoms with E-state index in [0.717, 1.165) is 18.2 Å². The topological polar surface area (TPSA) is 114 Å². The van der Waals surface area contributed by atoms with Gasteiger partial charge in [0.15, 0.2) is 6.61 Å². The summed E-state index contributed by atoms with van der Waals surface area (Å²) in [6.45, 7) is -0.730. The number of para-hydroxylation sites is 1. The number of esters is 1. The summed E-state index contributed by atoms with van der Waals surface area (Å²) in [5.41, 5.74) is -0.188. The van der Waals surface area contributed by atoms with Gasteiger partial charge in [0.1, 0.15) is 11.5 Å². The molecular weight excluding hydrogens is 381 g/mol. The van der Waals surface area contributed by atoms with Gasteiger partial charge in [0, 0.05) is 23.0 Å². The molecule has 27 heavy (non-hydrogen) atoms. The molecule has 0 aliphatic carbocycles. The number of benzene rings is 2. The van der Waals surface area contributed by atoms with Crippen molar-refractivity contribution in [1.82, 2.24) is 4.98 Å². The summed E-state index contributed by atoms with van der Waals surface area (Å²) in [4.78, 5) is 36.8. The summed E-state index contributed by atoms with van der Waals surface area (Å²) < 4.78 is 18.5. The quantitative estimate of drug-likeness (QED) is 0.391. The van der Waals surface area contributed by atoms with Gasteiger partial charge in [-0.15, -0.1) is 0 Å². The van der Waals surface area contributed by atoms with Gasteiger partial charge in [-0.3, -0.25) is 14.9 Å². The second-order valence-corrected chi connectivity index (χ2v) is 5.78. The van der Waals surface area contributed by atoms with Crippen LogP contribution in [0.4, 0.5) is 15.8 Å². The maximum atomic E-state index is 13.7. The number of ether oxygens (including phenoxy) is 1. The number of H-pyrrole nitrogens is 1. The molecule has 0 aliphatic rings. The Morgan fingerprint density at radius 3 is 2.70 bits per heavy atom. The Balaban J connectivity index is 1.67. The molecule has 3 aromatic rings. The minimum atomic E-state index is -0.870. The van der Waals surface area contributed by atoms with Crippen molar-refractivity contribution < 1.29 is 23.6 Å². The van der Waals surface area contributed by atoms with Crippen molar-refractivity contribution in [3.8, 4) is 0 Å². The first-order chi connectivity index (χ1) is 12.9. The highest BCUT2D eigenvalue weighted by Gasteiger charge is 2.19. The number of nitrogens with one attached hydrogen (secondary N) is 2. The van der Waals surface area contributed by atoms with Gasteiger partial charge in [0.2, 0.25) is 0 Å². The van der Waals surface area contributed by atoms with Crippen LogP contribution in [0.2, 0.25) is 5.02 Å². The van der Waals surface area contributed by atoms with Crippen LogP contribution in [-0.2, 0) is 9.53 Å². The minimum Gasteiger partial charge on any atom is -0.451 e. The second-order valence-electron chi connectivity index (χ2n) is 5.41. The fraction of sp³-hybridized carbons (Fsp3) is 0.0588. The van der Waals surface area contributed by atoms with Crippen LogP contribution in [0.3, 0.4) is 0 Å². The molecular formula is C17H11ClFN3O5. The first kappa shape index (κ1) is 18.3. The number of carbonyl (C=O) groups is 2. The number of fused-ring (bicyclic) bond motifs is 1. The molecule has 10 heteroatoms. The van der Waals surface area contributed by atoms with E-state index in [9.17, 15) is 24.1 Å². The zero-order valence-electron chi connectivity index (χ0n) is 13.5. The van der Waals surface area contributed by atoms with Gasteiger partial charge in [0.05, 0.1) is 15.6 Å². The van der Waals surface area contributed by atoms with Gasteiger partial charge in [0.25, 0.3) is 11.6 Å². The number of hydrogen-bond donors (Lipinski definition) is 2. The highest BCUT2D eigenvalue weighted by molar-refractivity contribution is 6.38. The number of anilines is 1. The van der Waals surface area contributed by atoms with Crippen LogP contribution in [-0.4, -0.2) is 28.4 Å². The molecule has 0 unspecified atom stereocenters. The van der Waals surface area contributed by atoms with Crippen molar-refractivity contribution in [2.24, 2.45) is 0 Å². The van der Waals surface area contributed by atoms with E-state index >= 15 is 0 Å². The monoisotopic (exact) mass is 391 g/mol. The smallest absolute Gasteiger partial charge is 0.356 e. The highest BCUT2D eigenvalue weighted by atomic mass is 35.5. The molecule has 8 nitrogen and oxygen atoms in total. The third kappa shape index (κ3) is 3.87. The number of nitro groups is 1. The van der Waals surface area contributed by atoms with Gasteiger partial charge in [-0.1, -0.05) is 29.8 Å². The number of amides is 1. The molecule has 138 valence electrons. The van der Waals surface area contributed by atoms with E-state index in [1.165, 1.54) is 0 Å². The molecule has 0 fully saturated rings. The predicted molar refractivity (Wildman–Crippen MR) is 95.3 cm³/mol. The van der Waals surface area contributed by atoms with Gasteiger partial charge < -0.3 is 15.0 Å². The summed E-state index contributed by atoms with van der Waals surface area (Å²) in [5.74, 6) is -2.60. The molecule has 1 amide bonds. The predicted octanol–water partition coefficient (Wildman–Crippen LogP) is 3.66. The number of carbonyl (C=O) groups excluding carboxylic acids is 2. The molecule has 0 saturated heterocycles. The Hall–Kier alpha value is -3.46. The molecule has 1 aromatic heterocycles. The SMILES string of the molecule is O=C(COC(=O)c1[nH]c2ccccc2c1Cl)Nc1cc([N+](=O)[O-])ccc1F. The zero-order chi connectivity index (χ0) is 19.6. The van der Waals surface area contributed by atoms with Crippen molar-refractivity contribution in [3.05, 3.63) is 69.1 Å². The van der Waals surface area contributed by atoms with Gasteiger partial charge in [-0.25, -0.2) is 9.18 Å². The summed E-state index contributed by atoms with van der Waals surface area (Å²) in [5, 5.41) is 13.6. The van der Waals surface area contributed by atoms with Crippen LogP contribution < -0.4 is 5.32 Å². The highest BCUT2D eigenvalue weighted by Crippen LogP contribution is 2.27. The third-order valence-electron chi connectivity index (χ3n) is 3.62. The fourth-order valence-corrected chi connectivity index (χ4v) is 2.65. The molecule has 0 aliphatic heterocycles. The molecule has 3 rings (SSSR count). The number of nitrogens with zero attached hydrogens (tertiary/aromatic N) is 1. The van der Waals surface area contributed by atoms with Crippen molar-refractivity contribution in [2.45, 2.75) is 0 Å². The van der Waals surface area contributed by atoms with E-state index in [1.807, 2.05) is 0 Å². The molecule has 0 saturated carbocycles. The Labute approximate surface area is 156 Å². The number of aromatic amines is 1. The number of nitro benzene ring substituents is 1. The number of rotatable bonds is 5. The van der Waals surface area contributed by atoms with E-state index in [4.69, 9.17) is 16.3 Å². The Morgan fingerprint density at radius 2 is 2.00 bits per heavy atom. The van der Waals surface area contributed by atoms with Crippen LogP contribution in [0.25, 0.3) is 10.9 Å². The third-order valence-corrected chi connectivity index (χ3v) is 4.01. The van der Waals surface area contributed by atoms with Crippen LogP contribution >= 0.6 is 11.6 Å². The molecule has 2 N–H and O–H groups in total. The lowest BCUT2D eigenvalue weighted by atomic mass is 10.2. The van der Waals surface area contributed by atoms with E-state index in [-0.39, 0.29) is 10.7 Å². The average Bonchev–Trinajstić information content (AvgIpc) is 2.98. The maximum absolute atomic E-state index is 13.7. The summed E-state index contributed by atoms with van der Waals surface area (Å²) in [6, 6.07) is 9.61. The van der Waals surface area contributed by atoms with Crippen LogP contribution in [0, 0.1) is 15.9 Å². The molecule has 0 bridgehead atoms. The average molecular weight is 392 g/mol. The van der Waals surface area contributed by atoms with Crippen LogP contribution in [0.15, 0.2) is 42.5 Å². The molecule has 0 spiro atoms. The van der Waals surface area contributed by atoms with Gasteiger partial charge in [-0.05, 0) is 12.1 Å². The normalized spacial score (nSPS) is 10.6. The number of aromatic nitrogens is 1. The zero-order valence-corrected chi connectivity index (χ0v) is 14.2.